The molecular weight excluding hydrogens is 438 g/mol. The zero-order valence-corrected chi connectivity index (χ0v) is 21.9. The molecule has 0 aromatic heterocycles. The van der Waals surface area contributed by atoms with Gasteiger partial charge < -0.3 is 10.1 Å². The van der Waals surface area contributed by atoms with Gasteiger partial charge in [-0.05, 0) is 50.7 Å². The summed E-state index contributed by atoms with van der Waals surface area (Å²) in [7, 11) is 0. The van der Waals surface area contributed by atoms with E-state index < -0.39 is 17.7 Å². The van der Waals surface area contributed by atoms with Crippen LogP contribution in [0.5, 0.6) is 0 Å². The van der Waals surface area contributed by atoms with Crippen LogP contribution in [0.15, 0.2) is 60.7 Å². The van der Waals surface area contributed by atoms with Gasteiger partial charge in [-0.25, -0.2) is 4.79 Å². The van der Waals surface area contributed by atoms with Gasteiger partial charge in [-0.15, -0.1) is 0 Å². The summed E-state index contributed by atoms with van der Waals surface area (Å²) in [5, 5.41) is 3.28. The van der Waals surface area contributed by atoms with Gasteiger partial charge in [0.2, 0.25) is 5.91 Å². The first-order chi connectivity index (χ1) is 16.6. The number of rotatable bonds is 9. The van der Waals surface area contributed by atoms with E-state index in [1.165, 1.54) is 11.1 Å². The summed E-state index contributed by atoms with van der Waals surface area (Å²) in [6, 6.07) is 20.3. The van der Waals surface area contributed by atoms with Crippen LogP contribution in [0.1, 0.15) is 58.6 Å². The lowest BCUT2D eigenvalue weighted by Crippen LogP contribution is -2.53. The van der Waals surface area contributed by atoms with Gasteiger partial charge in [-0.3, -0.25) is 14.6 Å². The molecule has 1 heterocycles. The maximum atomic E-state index is 13.4. The Labute approximate surface area is 210 Å². The molecule has 6 heteroatoms. The number of likely N-dealkylation sites (tertiary alicyclic amines) is 1. The number of ether oxygens (including phenoxy) is 1. The molecule has 0 saturated carbocycles. The number of nitrogens with one attached hydrogen (secondary N) is 1. The summed E-state index contributed by atoms with van der Waals surface area (Å²) < 4.78 is 5.55. The summed E-state index contributed by atoms with van der Waals surface area (Å²) in [4.78, 5) is 30.0. The van der Waals surface area contributed by atoms with Gasteiger partial charge in [0.15, 0.2) is 0 Å². The lowest BCUT2D eigenvalue weighted by Gasteiger charge is -2.33. The number of nitrogens with zero attached hydrogens (tertiary/aromatic N) is 2. The first kappa shape index (κ1) is 26.7. The Morgan fingerprint density at radius 1 is 1.00 bits per heavy atom. The van der Waals surface area contributed by atoms with Gasteiger partial charge in [-0.1, -0.05) is 74.5 Å². The molecule has 35 heavy (non-hydrogen) atoms. The Morgan fingerprint density at radius 2 is 1.54 bits per heavy atom. The van der Waals surface area contributed by atoms with Gasteiger partial charge in [-0.2, -0.15) is 0 Å². The fourth-order valence-electron chi connectivity index (χ4n) is 4.43. The fourth-order valence-corrected chi connectivity index (χ4v) is 4.43. The second-order valence-corrected chi connectivity index (χ2v) is 10.8. The molecule has 0 radical (unpaired) electrons. The zero-order chi connectivity index (χ0) is 25.4. The van der Waals surface area contributed by atoms with E-state index in [2.05, 4.69) is 72.6 Å². The Morgan fingerprint density at radius 3 is 2.03 bits per heavy atom. The molecule has 1 aliphatic rings. The molecule has 2 amide bonds. The van der Waals surface area contributed by atoms with Gasteiger partial charge >= 0.3 is 6.09 Å². The topological polar surface area (TPSA) is 61.9 Å². The molecule has 1 N–H and O–H groups in total. The van der Waals surface area contributed by atoms with E-state index >= 15 is 0 Å². The maximum Gasteiger partial charge on any atom is 0.410 e. The number of carbonyl (C=O) groups is 2. The van der Waals surface area contributed by atoms with Crippen LogP contribution >= 0.6 is 0 Å². The number of benzene rings is 2. The molecule has 1 fully saturated rings. The van der Waals surface area contributed by atoms with Crippen molar-refractivity contribution in [3.63, 3.8) is 0 Å². The van der Waals surface area contributed by atoms with Gasteiger partial charge in [0.1, 0.15) is 11.6 Å². The SMILES string of the molecule is CC(C)[C@H](CN(Cc1ccccc1)Cc1ccccc1)NC(=O)[C@@H]1CCCN1C(=O)OC(C)(C)C. The number of carbonyl (C=O) groups excluding carboxylic acids is 2. The lowest BCUT2D eigenvalue weighted by atomic mass is 10.0. The van der Waals surface area contributed by atoms with Gasteiger partial charge in [0.25, 0.3) is 0 Å². The lowest BCUT2D eigenvalue weighted by molar-refractivity contribution is -0.126. The Balaban J connectivity index is 1.71. The van der Waals surface area contributed by atoms with Gasteiger partial charge in [0, 0.05) is 32.2 Å². The fraction of sp³-hybridized carbons (Fsp3) is 0.517. The second-order valence-electron chi connectivity index (χ2n) is 10.8. The first-order valence-electron chi connectivity index (χ1n) is 12.7. The summed E-state index contributed by atoms with van der Waals surface area (Å²) in [5.41, 5.74) is 1.89. The van der Waals surface area contributed by atoms with Crippen molar-refractivity contribution in [1.29, 1.82) is 0 Å². The predicted octanol–water partition coefficient (Wildman–Crippen LogP) is 5.23. The van der Waals surface area contributed by atoms with Crippen molar-refractivity contribution in [2.45, 2.75) is 78.2 Å². The third kappa shape index (κ3) is 8.39. The van der Waals surface area contributed by atoms with Crippen LogP contribution in [0.3, 0.4) is 0 Å². The highest BCUT2D eigenvalue weighted by atomic mass is 16.6. The number of amides is 2. The Bertz CT molecular complexity index is 899. The predicted molar refractivity (Wildman–Crippen MR) is 140 cm³/mol. The summed E-state index contributed by atoms with van der Waals surface area (Å²) in [5.74, 6) is 0.149. The average Bonchev–Trinajstić information content (AvgIpc) is 3.29. The highest BCUT2D eigenvalue weighted by Gasteiger charge is 2.37. The standard InChI is InChI=1S/C29H41N3O3/c1-22(2)25(30-27(33)26-17-12-18-32(26)28(34)35-29(3,4)5)21-31(19-23-13-8-6-9-14-23)20-24-15-10-7-11-16-24/h6-11,13-16,22,25-26H,12,17-21H2,1-5H3,(H,30,33)/t25-,26-/m0/s1. The van der Waals surface area contributed by atoms with Crippen molar-refractivity contribution in [3.05, 3.63) is 71.8 Å². The zero-order valence-electron chi connectivity index (χ0n) is 21.9. The number of hydrogen-bond acceptors (Lipinski definition) is 4. The summed E-state index contributed by atoms with van der Waals surface area (Å²) >= 11 is 0. The summed E-state index contributed by atoms with van der Waals surface area (Å²) in [6.45, 7) is 12.7. The van der Waals surface area contributed by atoms with Crippen LogP contribution < -0.4 is 5.32 Å². The van der Waals surface area contributed by atoms with Crippen LogP contribution in [0, 0.1) is 5.92 Å². The van der Waals surface area contributed by atoms with Crippen molar-refractivity contribution in [1.82, 2.24) is 15.1 Å². The monoisotopic (exact) mass is 479 g/mol. The van der Waals surface area contributed by atoms with E-state index in [-0.39, 0.29) is 17.9 Å². The molecule has 1 saturated heterocycles. The minimum Gasteiger partial charge on any atom is -0.444 e. The minimum absolute atomic E-state index is 0.0454. The summed E-state index contributed by atoms with van der Waals surface area (Å²) in [6.07, 6.45) is 1.05. The van der Waals surface area contributed by atoms with Crippen LogP contribution in [0.25, 0.3) is 0 Å². The minimum atomic E-state index is -0.587. The highest BCUT2D eigenvalue weighted by Crippen LogP contribution is 2.22. The second kappa shape index (κ2) is 12.2. The molecule has 3 rings (SSSR count). The van der Waals surface area contributed by atoms with E-state index in [1.807, 2.05) is 32.9 Å². The van der Waals surface area contributed by atoms with Crippen molar-refractivity contribution in [2.75, 3.05) is 13.1 Å². The molecule has 190 valence electrons. The van der Waals surface area contributed by atoms with E-state index in [0.29, 0.717) is 19.5 Å². The molecule has 2 aromatic rings. The van der Waals surface area contributed by atoms with E-state index in [4.69, 9.17) is 4.74 Å². The van der Waals surface area contributed by atoms with Crippen molar-refractivity contribution < 1.29 is 14.3 Å². The molecule has 2 atom stereocenters. The van der Waals surface area contributed by atoms with Crippen molar-refractivity contribution in [2.24, 2.45) is 5.92 Å². The third-order valence-electron chi connectivity index (χ3n) is 6.27. The van der Waals surface area contributed by atoms with Crippen molar-refractivity contribution in [3.8, 4) is 0 Å². The largest absolute Gasteiger partial charge is 0.444 e. The Kier molecular flexibility index (Phi) is 9.33. The Hall–Kier alpha value is -2.86. The molecular formula is C29H41N3O3. The van der Waals surface area contributed by atoms with Crippen molar-refractivity contribution >= 4 is 12.0 Å². The maximum absolute atomic E-state index is 13.4. The van der Waals surface area contributed by atoms with Crippen LogP contribution in [-0.2, 0) is 22.6 Å². The van der Waals surface area contributed by atoms with Crippen LogP contribution in [0.2, 0.25) is 0 Å². The quantitative estimate of drug-likeness (QED) is 0.535. The number of hydrogen-bond donors (Lipinski definition) is 1. The normalized spacial score (nSPS) is 17.0. The molecule has 6 nitrogen and oxygen atoms in total. The molecule has 0 spiro atoms. The van der Waals surface area contributed by atoms with E-state index in [0.717, 1.165) is 19.5 Å². The molecule has 2 aromatic carbocycles. The van der Waals surface area contributed by atoms with Crippen LogP contribution in [-0.4, -0.2) is 52.6 Å². The van der Waals surface area contributed by atoms with Crippen LogP contribution in [0.4, 0.5) is 4.79 Å². The van der Waals surface area contributed by atoms with Gasteiger partial charge in [0.05, 0.1) is 0 Å². The van der Waals surface area contributed by atoms with E-state index in [1.54, 1.807) is 4.90 Å². The molecule has 1 aliphatic heterocycles. The highest BCUT2D eigenvalue weighted by molar-refractivity contribution is 5.86. The molecule has 0 bridgehead atoms. The molecule has 0 unspecified atom stereocenters. The average molecular weight is 480 g/mol. The molecule has 0 aliphatic carbocycles. The van der Waals surface area contributed by atoms with E-state index in [9.17, 15) is 9.59 Å². The third-order valence-corrected chi connectivity index (χ3v) is 6.27. The first-order valence-corrected chi connectivity index (χ1v) is 12.7. The smallest absolute Gasteiger partial charge is 0.410 e.